The van der Waals surface area contributed by atoms with Gasteiger partial charge in [-0.1, -0.05) is 12.1 Å². The van der Waals surface area contributed by atoms with Crippen LogP contribution in [0, 0.1) is 0 Å². The minimum atomic E-state index is -4.93. The third-order valence-corrected chi connectivity index (χ3v) is 5.21. The van der Waals surface area contributed by atoms with Gasteiger partial charge in [-0.15, -0.1) is 13.2 Å². The monoisotopic (exact) mass is 309 g/mol. The SMILES string of the molecule is CC1CCCN1S(=O)(=O)c1ccccc1OC(F)(F)F. The molecule has 1 unspecified atom stereocenters. The summed E-state index contributed by atoms with van der Waals surface area (Å²) in [6, 6.07) is 4.58. The maximum Gasteiger partial charge on any atom is 0.573 e. The molecule has 1 fully saturated rings. The number of ether oxygens (including phenoxy) is 1. The number of sulfonamides is 1. The van der Waals surface area contributed by atoms with Crippen molar-refractivity contribution in [3.05, 3.63) is 24.3 Å². The number of rotatable bonds is 3. The number of hydrogen-bond acceptors (Lipinski definition) is 3. The van der Waals surface area contributed by atoms with Gasteiger partial charge in [0.25, 0.3) is 0 Å². The molecule has 1 aliphatic rings. The molecule has 112 valence electrons. The summed E-state index contributed by atoms with van der Waals surface area (Å²) in [5, 5.41) is 0. The highest BCUT2D eigenvalue weighted by molar-refractivity contribution is 7.89. The fraction of sp³-hybridized carbons (Fsp3) is 0.500. The smallest absolute Gasteiger partial charge is 0.404 e. The van der Waals surface area contributed by atoms with E-state index in [1.165, 1.54) is 16.4 Å². The zero-order valence-corrected chi connectivity index (χ0v) is 11.5. The van der Waals surface area contributed by atoms with Crippen LogP contribution in [0.4, 0.5) is 13.2 Å². The summed E-state index contributed by atoms with van der Waals surface area (Å²) >= 11 is 0. The zero-order chi connectivity index (χ0) is 15.0. The van der Waals surface area contributed by atoms with Crippen LogP contribution in [0.15, 0.2) is 29.2 Å². The first-order valence-electron chi connectivity index (χ1n) is 6.08. The van der Waals surface area contributed by atoms with Crippen LogP contribution in [-0.4, -0.2) is 31.7 Å². The third-order valence-electron chi connectivity index (χ3n) is 3.15. The first kappa shape index (κ1) is 15.1. The van der Waals surface area contributed by atoms with Gasteiger partial charge in [-0.05, 0) is 31.9 Å². The van der Waals surface area contributed by atoms with Crippen LogP contribution in [0.3, 0.4) is 0 Å². The van der Waals surface area contributed by atoms with Crippen molar-refractivity contribution in [1.29, 1.82) is 0 Å². The van der Waals surface area contributed by atoms with Crippen molar-refractivity contribution in [3.63, 3.8) is 0 Å². The average Bonchev–Trinajstić information content (AvgIpc) is 2.74. The molecule has 0 bridgehead atoms. The second kappa shape index (κ2) is 5.25. The summed E-state index contributed by atoms with van der Waals surface area (Å²) in [6.45, 7) is 2.04. The van der Waals surface area contributed by atoms with Gasteiger partial charge >= 0.3 is 6.36 Å². The van der Waals surface area contributed by atoms with Crippen LogP contribution >= 0.6 is 0 Å². The predicted octanol–water partition coefficient (Wildman–Crippen LogP) is 2.76. The summed E-state index contributed by atoms with van der Waals surface area (Å²) in [7, 11) is -3.98. The van der Waals surface area contributed by atoms with E-state index >= 15 is 0 Å². The molecule has 0 saturated carbocycles. The molecule has 0 spiro atoms. The lowest BCUT2D eigenvalue weighted by atomic mass is 10.3. The molecule has 1 heterocycles. The minimum absolute atomic E-state index is 0.223. The molecule has 0 radical (unpaired) electrons. The van der Waals surface area contributed by atoms with Crippen LogP contribution in [0.1, 0.15) is 19.8 Å². The molecule has 20 heavy (non-hydrogen) atoms. The van der Waals surface area contributed by atoms with Crippen molar-refractivity contribution in [2.24, 2.45) is 0 Å². The quantitative estimate of drug-likeness (QED) is 0.862. The van der Waals surface area contributed by atoms with Gasteiger partial charge in [-0.2, -0.15) is 4.31 Å². The van der Waals surface area contributed by atoms with E-state index in [1.807, 2.05) is 0 Å². The molecule has 1 saturated heterocycles. The summed E-state index contributed by atoms with van der Waals surface area (Å²) in [5.74, 6) is -0.695. The maximum absolute atomic E-state index is 12.4. The van der Waals surface area contributed by atoms with E-state index in [0.29, 0.717) is 19.4 Å². The Morgan fingerprint density at radius 1 is 1.30 bits per heavy atom. The highest BCUT2D eigenvalue weighted by Gasteiger charge is 2.38. The molecule has 0 amide bonds. The zero-order valence-electron chi connectivity index (χ0n) is 10.7. The van der Waals surface area contributed by atoms with Crippen molar-refractivity contribution < 1.29 is 26.3 Å². The molecule has 4 nitrogen and oxygen atoms in total. The first-order chi connectivity index (χ1) is 9.22. The summed E-state index contributed by atoms with van der Waals surface area (Å²) in [4.78, 5) is -0.453. The van der Waals surface area contributed by atoms with Crippen molar-refractivity contribution in [2.75, 3.05) is 6.54 Å². The number of halogens is 3. The lowest BCUT2D eigenvalue weighted by molar-refractivity contribution is -0.275. The van der Waals surface area contributed by atoms with Gasteiger partial charge in [0.05, 0.1) is 0 Å². The van der Waals surface area contributed by atoms with E-state index in [9.17, 15) is 21.6 Å². The Morgan fingerprint density at radius 3 is 2.50 bits per heavy atom. The van der Waals surface area contributed by atoms with E-state index in [4.69, 9.17) is 0 Å². The Bertz CT molecular complexity index is 586. The van der Waals surface area contributed by atoms with E-state index in [0.717, 1.165) is 12.1 Å². The molecule has 2 rings (SSSR count). The molecule has 1 aromatic rings. The normalized spacial score (nSPS) is 21.1. The number of hydrogen-bond donors (Lipinski definition) is 0. The van der Waals surface area contributed by atoms with Crippen LogP contribution in [0.5, 0.6) is 5.75 Å². The Hall–Kier alpha value is -1.28. The topological polar surface area (TPSA) is 46.6 Å². The van der Waals surface area contributed by atoms with E-state index in [1.54, 1.807) is 6.92 Å². The number of alkyl halides is 3. The molecule has 8 heteroatoms. The summed E-state index contributed by atoms with van der Waals surface area (Å²) in [6.07, 6.45) is -3.54. The Morgan fingerprint density at radius 2 is 1.95 bits per heavy atom. The summed E-state index contributed by atoms with van der Waals surface area (Å²) < 4.78 is 66.9. The third kappa shape index (κ3) is 3.06. The van der Waals surface area contributed by atoms with Gasteiger partial charge in [0.15, 0.2) is 0 Å². The highest BCUT2D eigenvalue weighted by Crippen LogP contribution is 2.33. The maximum atomic E-state index is 12.4. The van der Waals surface area contributed by atoms with E-state index in [2.05, 4.69) is 4.74 Å². The van der Waals surface area contributed by atoms with Gasteiger partial charge in [0, 0.05) is 12.6 Å². The molecule has 0 aliphatic carbocycles. The van der Waals surface area contributed by atoms with Crippen molar-refractivity contribution in [3.8, 4) is 5.75 Å². The lowest BCUT2D eigenvalue weighted by Crippen LogP contribution is -2.34. The van der Waals surface area contributed by atoms with Crippen molar-refractivity contribution >= 4 is 10.0 Å². The van der Waals surface area contributed by atoms with Crippen LogP contribution in [0.2, 0.25) is 0 Å². The van der Waals surface area contributed by atoms with Crippen LogP contribution in [0.25, 0.3) is 0 Å². The number of para-hydroxylation sites is 1. The van der Waals surface area contributed by atoms with Gasteiger partial charge in [-0.3, -0.25) is 0 Å². The second-order valence-corrected chi connectivity index (χ2v) is 6.46. The average molecular weight is 309 g/mol. The molecule has 0 aromatic heterocycles. The first-order valence-corrected chi connectivity index (χ1v) is 7.52. The summed E-state index contributed by atoms with van der Waals surface area (Å²) in [5.41, 5.74) is 0. The van der Waals surface area contributed by atoms with E-state index < -0.39 is 27.0 Å². The van der Waals surface area contributed by atoms with Gasteiger partial charge in [-0.25, -0.2) is 8.42 Å². The molecular formula is C12H14F3NO3S. The Kier molecular flexibility index (Phi) is 3.97. The minimum Gasteiger partial charge on any atom is -0.404 e. The fourth-order valence-corrected chi connectivity index (χ4v) is 4.08. The molecule has 1 aliphatic heterocycles. The van der Waals surface area contributed by atoms with Gasteiger partial charge < -0.3 is 4.74 Å². The van der Waals surface area contributed by atoms with Crippen molar-refractivity contribution in [1.82, 2.24) is 4.31 Å². The van der Waals surface area contributed by atoms with Crippen LogP contribution in [-0.2, 0) is 10.0 Å². The fourth-order valence-electron chi connectivity index (χ4n) is 2.26. The largest absolute Gasteiger partial charge is 0.573 e. The molecular weight excluding hydrogens is 295 g/mol. The number of nitrogens with zero attached hydrogens (tertiary/aromatic N) is 1. The second-order valence-electron chi connectivity index (χ2n) is 4.60. The van der Waals surface area contributed by atoms with Crippen LogP contribution < -0.4 is 4.74 Å². The molecule has 0 N–H and O–H groups in total. The predicted molar refractivity (Wildman–Crippen MR) is 65.7 cm³/mol. The van der Waals surface area contributed by atoms with Crippen molar-refractivity contribution in [2.45, 2.75) is 37.1 Å². The highest BCUT2D eigenvalue weighted by atomic mass is 32.2. The van der Waals surface area contributed by atoms with E-state index in [-0.39, 0.29) is 6.04 Å². The Labute approximate surface area is 115 Å². The number of benzene rings is 1. The standard InChI is InChI=1S/C12H14F3NO3S/c1-9-5-4-8-16(9)20(17,18)11-7-3-2-6-10(11)19-12(13,14)15/h2-3,6-7,9H,4-5,8H2,1H3. The Balaban J connectivity index is 2.42. The lowest BCUT2D eigenvalue weighted by Gasteiger charge is -2.22. The molecule has 1 aromatic carbocycles. The molecule has 1 atom stereocenters. The van der Waals surface area contributed by atoms with Gasteiger partial charge in [0.1, 0.15) is 10.6 Å². The van der Waals surface area contributed by atoms with Gasteiger partial charge in [0.2, 0.25) is 10.0 Å².